The second-order valence-corrected chi connectivity index (χ2v) is 9.39. The van der Waals surface area contributed by atoms with Gasteiger partial charge in [-0.05, 0) is 55.0 Å². The van der Waals surface area contributed by atoms with Gasteiger partial charge in [-0.3, -0.25) is 4.79 Å². The third-order valence-electron chi connectivity index (χ3n) is 4.76. The molecule has 0 radical (unpaired) electrons. The number of rotatable bonds is 4. The van der Waals surface area contributed by atoms with Gasteiger partial charge in [0.05, 0.1) is 16.3 Å². The van der Waals surface area contributed by atoms with E-state index in [2.05, 4.69) is 10.3 Å². The Morgan fingerprint density at radius 1 is 1.03 bits per heavy atom. The first-order valence-electron chi connectivity index (χ1n) is 9.10. The van der Waals surface area contributed by atoms with Crippen molar-refractivity contribution in [3.8, 4) is 0 Å². The van der Waals surface area contributed by atoms with Crippen molar-refractivity contribution in [1.82, 2.24) is 8.96 Å². The van der Waals surface area contributed by atoms with Gasteiger partial charge in [0.25, 0.3) is 5.91 Å². The van der Waals surface area contributed by atoms with Crippen LogP contribution in [-0.2, 0) is 10.0 Å². The predicted molar refractivity (Wildman–Crippen MR) is 116 cm³/mol. The van der Waals surface area contributed by atoms with Gasteiger partial charge in [0, 0.05) is 11.3 Å². The molecule has 0 spiro atoms. The van der Waals surface area contributed by atoms with E-state index in [0.29, 0.717) is 22.3 Å². The molecule has 0 aliphatic heterocycles. The average molecular weight is 408 g/mol. The third kappa shape index (κ3) is 3.31. The number of hydrogen-bond acceptors (Lipinski definition) is 5. The predicted octanol–water partition coefficient (Wildman–Crippen LogP) is 3.61. The van der Waals surface area contributed by atoms with Crippen LogP contribution in [0, 0.1) is 0 Å². The number of nitrogens with one attached hydrogen (secondary N) is 1. The fourth-order valence-corrected chi connectivity index (χ4v) is 4.31. The maximum Gasteiger partial charge on any atom is 0.255 e. The maximum atomic E-state index is 12.7. The number of hydrogen-bond donors (Lipinski definition) is 2. The van der Waals surface area contributed by atoms with E-state index in [1.54, 1.807) is 38.1 Å². The highest BCUT2D eigenvalue weighted by atomic mass is 32.2. The lowest BCUT2D eigenvalue weighted by atomic mass is 10.1. The lowest BCUT2D eigenvalue weighted by molar-refractivity contribution is 0.102. The number of imidazole rings is 1. The highest BCUT2D eigenvalue weighted by molar-refractivity contribution is 7.90. The Kier molecular flexibility index (Phi) is 4.50. The smallest absolute Gasteiger partial charge is 0.255 e. The van der Waals surface area contributed by atoms with Crippen molar-refractivity contribution in [2.75, 3.05) is 11.1 Å². The topological polar surface area (TPSA) is 107 Å². The molecule has 7 nitrogen and oxygen atoms in total. The summed E-state index contributed by atoms with van der Waals surface area (Å²) in [5.74, 6) is -0.396. The summed E-state index contributed by atoms with van der Waals surface area (Å²) >= 11 is 0. The molecule has 0 aliphatic carbocycles. The molecule has 0 saturated carbocycles. The summed E-state index contributed by atoms with van der Waals surface area (Å²) in [6.07, 6.45) is 0. The quantitative estimate of drug-likeness (QED) is 0.536. The van der Waals surface area contributed by atoms with Crippen LogP contribution in [-0.4, -0.2) is 28.5 Å². The summed E-state index contributed by atoms with van der Waals surface area (Å²) in [4.78, 5) is 16.8. The van der Waals surface area contributed by atoms with Crippen molar-refractivity contribution >= 4 is 49.4 Å². The molecule has 3 N–H and O–H groups in total. The lowest BCUT2D eigenvalue weighted by Crippen LogP contribution is -2.23. The largest absolute Gasteiger partial charge is 0.368 e. The summed E-state index contributed by atoms with van der Waals surface area (Å²) in [6, 6.07) is 18.1. The summed E-state index contributed by atoms with van der Waals surface area (Å²) in [6.45, 7) is 3.15. The number of carbonyl (C=O) groups excluding carboxylic acids is 1. The van der Waals surface area contributed by atoms with E-state index in [0.717, 1.165) is 14.7 Å². The Labute approximate surface area is 168 Å². The zero-order valence-corrected chi connectivity index (χ0v) is 16.8. The standard InChI is InChI=1S/C21H20N4O3S/c1-13(2)29(27,28)25-19-12-17(9-10-18(19)24-21(25)22)23-20(26)16-8-7-14-5-3-4-6-15(14)11-16/h3-13H,1-2H3,(H2,22,24)(H,23,26). The minimum Gasteiger partial charge on any atom is -0.368 e. The second-order valence-electron chi connectivity index (χ2n) is 7.05. The van der Waals surface area contributed by atoms with Gasteiger partial charge >= 0.3 is 0 Å². The van der Waals surface area contributed by atoms with Crippen molar-refractivity contribution in [1.29, 1.82) is 0 Å². The Hall–Kier alpha value is -3.39. The van der Waals surface area contributed by atoms with Crippen molar-refractivity contribution in [2.24, 2.45) is 0 Å². The van der Waals surface area contributed by atoms with Gasteiger partial charge in [-0.1, -0.05) is 30.3 Å². The molecule has 4 rings (SSSR count). The van der Waals surface area contributed by atoms with E-state index in [-0.39, 0.29) is 11.9 Å². The number of aromatic nitrogens is 2. The summed E-state index contributed by atoms with van der Waals surface area (Å²) < 4.78 is 26.4. The number of nitrogens with two attached hydrogens (primary N) is 1. The van der Waals surface area contributed by atoms with Crippen LogP contribution >= 0.6 is 0 Å². The van der Waals surface area contributed by atoms with Crippen molar-refractivity contribution in [3.63, 3.8) is 0 Å². The van der Waals surface area contributed by atoms with Crippen LogP contribution in [0.2, 0.25) is 0 Å². The average Bonchev–Trinajstić information content (AvgIpc) is 3.03. The van der Waals surface area contributed by atoms with Gasteiger partial charge in [-0.2, -0.15) is 0 Å². The van der Waals surface area contributed by atoms with Gasteiger partial charge in [0.2, 0.25) is 16.0 Å². The fraction of sp³-hybridized carbons (Fsp3) is 0.143. The number of fused-ring (bicyclic) bond motifs is 2. The van der Waals surface area contributed by atoms with Crippen LogP contribution in [0.4, 0.5) is 11.6 Å². The number of carbonyl (C=O) groups is 1. The molecule has 0 aliphatic rings. The Morgan fingerprint density at radius 3 is 2.48 bits per heavy atom. The van der Waals surface area contributed by atoms with Crippen molar-refractivity contribution in [3.05, 3.63) is 66.2 Å². The van der Waals surface area contributed by atoms with E-state index < -0.39 is 15.3 Å². The summed E-state index contributed by atoms with van der Waals surface area (Å²) in [7, 11) is -3.70. The van der Waals surface area contributed by atoms with Gasteiger partial charge < -0.3 is 11.1 Å². The van der Waals surface area contributed by atoms with Crippen LogP contribution < -0.4 is 11.1 Å². The molecule has 8 heteroatoms. The van der Waals surface area contributed by atoms with Crippen LogP contribution in [0.15, 0.2) is 60.7 Å². The van der Waals surface area contributed by atoms with Gasteiger partial charge in [0.1, 0.15) is 0 Å². The first kappa shape index (κ1) is 18.9. The molecule has 0 fully saturated rings. The van der Waals surface area contributed by atoms with E-state index in [9.17, 15) is 13.2 Å². The molecule has 0 unspecified atom stereocenters. The number of amides is 1. The molecule has 0 saturated heterocycles. The first-order chi connectivity index (χ1) is 13.8. The molecule has 1 heterocycles. The number of anilines is 2. The van der Waals surface area contributed by atoms with Crippen molar-refractivity contribution < 1.29 is 13.2 Å². The molecule has 0 bridgehead atoms. The fourth-order valence-electron chi connectivity index (χ4n) is 3.16. The number of nitrogen functional groups attached to an aromatic ring is 1. The Bertz CT molecular complexity index is 1360. The monoisotopic (exact) mass is 408 g/mol. The molecule has 29 heavy (non-hydrogen) atoms. The summed E-state index contributed by atoms with van der Waals surface area (Å²) in [5, 5.41) is 4.16. The Morgan fingerprint density at radius 2 is 1.76 bits per heavy atom. The normalized spacial score (nSPS) is 12.0. The molecular weight excluding hydrogens is 388 g/mol. The number of nitrogens with zero attached hydrogens (tertiary/aromatic N) is 2. The molecular formula is C21H20N4O3S. The first-order valence-corrected chi connectivity index (χ1v) is 10.6. The van der Waals surface area contributed by atoms with Crippen LogP contribution in [0.5, 0.6) is 0 Å². The van der Waals surface area contributed by atoms with E-state index in [1.165, 1.54) is 0 Å². The second kappa shape index (κ2) is 6.89. The maximum absolute atomic E-state index is 12.7. The van der Waals surface area contributed by atoms with Crippen LogP contribution in [0.25, 0.3) is 21.8 Å². The van der Waals surface area contributed by atoms with Crippen molar-refractivity contribution in [2.45, 2.75) is 19.1 Å². The van der Waals surface area contributed by atoms with Gasteiger partial charge in [-0.25, -0.2) is 17.4 Å². The van der Waals surface area contributed by atoms with Crippen LogP contribution in [0.1, 0.15) is 24.2 Å². The van der Waals surface area contributed by atoms with E-state index in [1.807, 2.05) is 36.4 Å². The van der Waals surface area contributed by atoms with Crippen LogP contribution in [0.3, 0.4) is 0 Å². The molecule has 1 aromatic heterocycles. The lowest BCUT2D eigenvalue weighted by Gasteiger charge is -2.12. The highest BCUT2D eigenvalue weighted by Crippen LogP contribution is 2.26. The minimum atomic E-state index is -3.70. The minimum absolute atomic E-state index is 0.105. The molecule has 148 valence electrons. The highest BCUT2D eigenvalue weighted by Gasteiger charge is 2.24. The number of benzene rings is 3. The van der Waals surface area contributed by atoms with E-state index in [4.69, 9.17) is 5.73 Å². The molecule has 4 aromatic rings. The third-order valence-corrected chi connectivity index (χ3v) is 6.84. The zero-order valence-electron chi connectivity index (χ0n) is 16.0. The Balaban J connectivity index is 1.71. The zero-order chi connectivity index (χ0) is 20.8. The summed E-state index contributed by atoms with van der Waals surface area (Å²) in [5.41, 5.74) is 7.58. The SMILES string of the molecule is CC(C)S(=O)(=O)n1c(N)nc2ccc(NC(=O)c3ccc4ccccc4c3)cc21. The van der Waals surface area contributed by atoms with E-state index >= 15 is 0 Å². The van der Waals surface area contributed by atoms with Gasteiger partial charge in [-0.15, -0.1) is 0 Å². The van der Waals surface area contributed by atoms with Gasteiger partial charge in [0.15, 0.2) is 0 Å². The molecule has 3 aromatic carbocycles. The molecule has 1 amide bonds. The molecule has 0 atom stereocenters.